The third-order valence-corrected chi connectivity index (χ3v) is 7.69. The lowest BCUT2D eigenvalue weighted by Crippen LogP contribution is -2.29. The van der Waals surface area contributed by atoms with Crippen LogP contribution in [0.4, 0.5) is 5.13 Å². The molecule has 0 saturated carbocycles. The van der Waals surface area contributed by atoms with E-state index in [2.05, 4.69) is 6.92 Å². The van der Waals surface area contributed by atoms with E-state index in [1.807, 2.05) is 25.1 Å². The van der Waals surface area contributed by atoms with Crippen LogP contribution >= 0.6 is 11.3 Å². The van der Waals surface area contributed by atoms with Crippen LogP contribution in [0.3, 0.4) is 0 Å². The summed E-state index contributed by atoms with van der Waals surface area (Å²) in [7, 11) is 3.04. The number of fused-ring (bicyclic) bond motifs is 1. The number of nitrogens with zero attached hydrogens (tertiary/aromatic N) is 2. The summed E-state index contributed by atoms with van der Waals surface area (Å²) >= 11 is 1.32. The average Bonchev–Trinajstić information content (AvgIpc) is 3.50. The van der Waals surface area contributed by atoms with E-state index in [0.29, 0.717) is 40.1 Å². The first-order valence-corrected chi connectivity index (χ1v) is 13.4. The number of rotatable bonds is 8. The molecule has 200 valence electrons. The van der Waals surface area contributed by atoms with Gasteiger partial charge in [0.1, 0.15) is 29.0 Å². The van der Waals surface area contributed by atoms with Gasteiger partial charge >= 0.3 is 5.91 Å². The van der Waals surface area contributed by atoms with Crippen LogP contribution in [-0.4, -0.2) is 42.6 Å². The zero-order valence-electron chi connectivity index (χ0n) is 22.1. The fourth-order valence-electron chi connectivity index (χ4n) is 4.69. The smallest absolute Gasteiger partial charge is 0.301 e. The lowest BCUT2D eigenvalue weighted by molar-refractivity contribution is -0.132. The van der Waals surface area contributed by atoms with Gasteiger partial charge in [0.15, 0.2) is 5.13 Å². The van der Waals surface area contributed by atoms with Gasteiger partial charge in [-0.25, -0.2) is 4.98 Å². The number of amides is 1. The molecule has 9 heteroatoms. The summed E-state index contributed by atoms with van der Waals surface area (Å²) in [6, 6.07) is 16.8. The van der Waals surface area contributed by atoms with Crippen molar-refractivity contribution in [2.45, 2.75) is 26.3 Å². The molecule has 0 radical (unpaired) electrons. The quantitative estimate of drug-likeness (QED) is 0.168. The molecule has 8 nitrogen and oxygen atoms in total. The summed E-state index contributed by atoms with van der Waals surface area (Å²) in [5.74, 6) is -0.337. The molecule has 1 aliphatic rings. The summed E-state index contributed by atoms with van der Waals surface area (Å²) < 4.78 is 17.5. The number of ketones is 1. The van der Waals surface area contributed by atoms with Gasteiger partial charge in [-0.2, -0.15) is 0 Å². The molecule has 5 rings (SSSR count). The molecule has 0 spiro atoms. The third kappa shape index (κ3) is 4.70. The fraction of sp³-hybridized carbons (Fsp3) is 0.233. The number of benzene rings is 3. The summed E-state index contributed by atoms with van der Waals surface area (Å²) in [5.41, 5.74) is 2.65. The summed E-state index contributed by atoms with van der Waals surface area (Å²) in [4.78, 5) is 33.3. The Bertz CT molecular complexity index is 1590. The van der Waals surface area contributed by atoms with Crippen molar-refractivity contribution in [1.29, 1.82) is 0 Å². The zero-order chi connectivity index (χ0) is 27.7. The van der Waals surface area contributed by atoms with E-state index < -0.39 is 17.7 Å². The van der Waals surface area contributed by atoms with Crippen molar-refractivity contribution in [3.8, 4) is 17.2 Å². The van der Waals surface area contributed by atoms with E-state index in [1.165, 1.54) is 30.5 Å². The number of aliphatic hydroxyl groups is 1. The number of hydrogen-bond donors (Lipinski definition) is 1. The molecule has 1 N–H and O–H groups in total. The Morgan fingerprint density at radius 2 is 1.72 bits per heavy atom. The van der Waals surface area contributed by atoms with Gasteiger partial charge in [0.05, 0.1) is 36.6 Å². The van der Waals surface area contributed by atoms with Gasteiger partial charge < -0.3 is 19.3 Å². The van der Waals surface area contributed by atoms with Gasteiger partial charge in [-0.15, -0.1) is 0 Å². The number of ether oxygens (including phenoxy) is 3. The molecule has 1 saturated heterocycles. The first-order valence-electron chi connectivity index (χ1n) is 12.6. The molecule has 0 unspecified atom stereocenters. The molecular weight excluding hydrogens is 516 g/mol. The number of methoxy groups -OCH3 is 2. The molecule has 2 heterocycles. The maximum Gasteiger partial charge on any atom is 0.301 e. The Labute approximate surface area is 230 Å². The predicted molar refractivity (Wildman–Crippen MR) is 151 cm³/mol. The van der Waals surface area contributed by atoms with Gasteiger partial charge in [0.25, 0.3) is 5.78 Å². The van der Waals surface area contributed by atoms with E-state index in [1.54, 1.807) is 42.5 Å². The van der Waals surface area contributed by atoms with Crippen LogP contribution in [0.25, 0.3) is 16.0 Å². The number of aryl methyl sites for hydroxylation is 1. The highest BCUT2D eigenvalue weighted by Gasteiger charge is 2.49. The molecule has 1 atom stereocenters. The van der Waals surface area contributed by atoms with Crippen molar-refractivity contribution >= 4 is 44.1 Å². The van der Waals surface area contributed by atoms with Crippen LogP contribution in [0.1, 0.15) is 36.6 Å². The highest BCUT2D eigenvalue weighted by molar-refractivity contribution is 7.22. The second kappa shape index (κ2) is 10.8. The SMILES string of the molecule is CCOc1ccc(C(O)=C2C(=O)C(=O)N(c3nc4ccc(CC)cc4s3)[C@@H]2c2cc(OC)ccc2OC)cc1. The second-order valence-electron chi connectivity index (χ2n) is 8.89. The number of carbonyl (C=O) groups is 2. The van der Waals surface area contributed by atoms with Gasteiger partial charge in [-0.3, -0.25) is 14.5 Å². The first-order chi connectivity index (χ1) is 18.9. The summed E-state index contributed by atoms with van der Waals surface area (Å²) in [6.07, 6.45) is 0.858. The van der Waals surface area contributed by atoms with Crippen molar-refractivity contribution in [1.82, 2.24) is 4.98 Å². The van der Waals surface area contributed by atoms with E-state index in [-0.39, 0.29) is 11.3 Å². The van der Waals surface area contributed by atoms with Crippen molar-refractivity contribution in [3.63, 3.8) is 0 Å². The number of anilines is 1. The lowest BCUT2D eigenvalue weighted by Gasteiger charge is -2.25. The normalized spacial score (nSPS) is 16.6. The number of aromatic nitrogens is 1. The van der Waals surface area contributed by atoms with E-state index in [9.17, 15) is 14.7 Å². The predicted octanol–water partition coefficient (Wildman–Crippen LogP) is 5.90. The average molecular weight is 545 g/mol. The molecule has 0 bridgehead atoms. The lowest BCUT2D eigenvalue weighted by atomic mass is 9.94. The van der Waals surface area contributed by atoms with E-state index in [4.69, 9.17) is 19.2 Å². The van der Waals surface area contributed by atoms with Crippen molar-refractivity contribution < 1.29 is 28.9 Å². The topological polar surface area (TPSA) is 98.2 Å². The largest absolute Gasteiger partial charge is 0.507 e. The van der Waals surface area contributed by atoms with Crippen LogP contribution in [0.2, 0.25) is 0 Å². The fourth-order valence-corrected chi connectivity index (χ4v) is 5.74. The minimum absolute atomic E-state index is 0.0655. The molecule has 3 aromatic carbocycles. The van der Waals surface area contributed by atoms with Crippen LogP contribution < -0.4 is 19.1 Å². The number of carbonyl (C=O) groups excluding carboxylic acids is 2. The highest BCUT2D eigenvalue weighted by Crippen LogP contribution is 2.47. The Balaban J connectivity index is 1.73. The van der Waals surface area contributed by atoms with Crippen LogP contribution in [0.5, 0.6) is 17.2 Å². The van der Waals surface area contributed by atoms with E-state index >= 15 is 0 Å². The monoisotopic (exact) mass is 544 g/mol. The molecule has 39 heavy (non-hydrogen) atoms. The number of thiazole rings is 1. The van der Waals surface area contributed by atoms with Crippen LogP contribution in [0.15, 0.2) is 66.2 Å². The van der Waals surface area contributed by atoms with Gasteiger partial charge in [-0.05, 0) is 73.5 Å². The van der Waals surface area contributed by atoms with Gasteiger partial charge in [0, 0.05) is 11.1 Å². The van der Waals surface area contributed by atoms with Crippen molar-refractivity contribution in [2.75, 3.05) is 25.7 Å². The summed E-state index contributed by atoms with van der Waals surface area (Å²) in [6.45, 7) is 4.44. The Morgan fingerprint density at radius 1 is 0.974 bits per heavy atom. The number of hydrogen-bond acceptors (Lipinski definition) is 8. The number of aliphatic hydroxyl groups excluding tert-OH is 1. The summed E-state index contributed by atoms with van der Waals surface area (Å²) in [5, 5.41) is 11.8. The molecular formula is C30H28N2O6S. The molecule has 0 aliphatic carbocycles. The third-order valence-electron chi connectivity index (χ3n) is 6.67. The molecule has 1 fully saturated rings. The standard InChI is InChI=1S/C30H28N2O6S/c1-5-17-7-13-22-24(15-17)39-30(31-22)32-26(21-16-20(36-3)12-14-23(21)37-4)25(28(34)29(32)35)27(33)18-8-10-19(11-9-18)38-6-2/h7-16,26,33H,5-6H2,1-4H3/t26-/m1/s1. The first kappa shape index (κ1) is 26.2. The Morgan fingerprint density at radius 3 is 2.38 bits per heavy atom. The van der Waals surface area contributed by atoms with Crippen LogP contribution in [0, 0.1) is 0 Å². The molecule has 1 amide bonds. The highest BCUT2D eigenvalue weighted by atomic mass is 32.1. The van der Waals surface area contributed by atoms with Crippen molar-refractivity contribution in [3.05, 3.63) is 82.9 Å². The van der Waals surface area contributed by atoms with Gasteiger partial charge in [0.2, 0.25) is 0 Å². The van der Waals surface area contributed by atoms with Crippen molar-refractivity contribution in [2.24, 2.45) is 0 Å². The minimum Gasteiger partial charge on any atom is -0.507 e. The zero-order valence-corrected chi connectivity index (χ0v) is 22.9. The van der Waals surface area contributed by atoms with Gasteiger partial charge in [-0.1, -0.05) is 24.3 Å². The second-order valence-corrected chi connectivity index (χ2v) is 9.90. The molecule has 1 aromatic heterocycles. The van der Waals surface area contributed by atoms with Crippen LogP contribution in [-0.2, 0) is 16.0 Å². The maximum absolute atomic E-state index is 13.6. The maximum atomic E-state index is 13.6. The van der Waals surface area contributed by atoms with E-state index in [0.717, 1.165) is 22.2 Å². The Hall–Kier alpha value is -4.37. The minimum atomic E-state index is -1.01. The molecule has 1 aliphatic heterocycles. The Kier molecular flexibility index (Phi) is 7.26. The molecule has 4 aromatic rings. The number of Topliss-reactive ketones (excluding diaryl/α,β-unsaturated/α-hetero) is 1.